The van der Waals surface area contributed by atoms with E-state index in [2.05, 4.69) is 20.8 Å². The fraction of sp³-hybridized carbons (Fsp3) is 0.400. The van der Waals surface area contributed by atoms with Gasteiger partial charge in [0, 0.05) is 31.4 Å². The molecule has 0 aromatic carbocycles. The van der Waals surface area contributed by atoms with Crippen molar-refractivity contribution in [3.05, 3.63) is 45.6 Å². The van der Waals surface area contributed by atoms with Crippen molar-refractivity contribution in [1.82, 2.24) is 20.1 Å². The molecule has 2 amide bonds. The largest absolute Gasteiger partial charge is 0.335 e. The van der Waals surface area contributed by atoms with Gasteiger partial charge in [-0.2, -0.15) is 5.10 Å². The maximum absolute atomic E-state index is 12.0. The van der Waals surface area contributed by atoms with Crippen LogP contribution >= 0.6 is 0 Å². The third-order valence-electron chi connectivity index (χ3n) is 3.37. The second-order valence-corrected chi connectivity index (χ2v) is 5.54. The highest BCUT2D eigenvalue weighted by molar-refractivity contribution is 5.90. The first-order chi connectivity index (χ1) is 10.4. The number of aryl methyl sites for hydroxylation is 3. The predicted octanol–water partition coefficient (Wildman–Crippen LogP) is 1.48. The minimum Gasteiger partial charge on any atom is -0.335 e. The maximum Gasteiger partial charge on any atom is 0.319 e. The summed E-state index contributed by atoms with van der Waals surface area (Å²) in [7, 11) is 1.65. The standard InChI is InChI=1S/C15H21N5O2/c1-9-5-6-20(4)14(21)13(9)17-15(22)16-10(2)7-12-8-11(3)18-19-12/h5-6,8,10H,7H2,1-4H3,(H,18,19)(H2,16,17,22)/t10-/m0/s1. The van der Waals surface area contributed by atoms with Crippen LogP contribution in [-0.2, 0) is 13.5 Å². The number of nitrogens with zero attached hydrogens (tertiary/aromatic N) is 2. The van der Waals surface area contributed by atoms with Crippen LogP contribution in [0.15, 0.2) is 23.1 Å². The summed E-state index contributed by atoms with van der Waals surface area (Å²) in [4.78, 5) is 24.0. The van der Waals surface area contributed by atoms with Gasteiger partial charge in [-0.15, -0.1) is 0 Å². The fourth-order valence-electron chi connectivity index (χ4n) is 2.19. The first-order valence-corrected chi connectivity index (χ1v) is 7.11. The first kappa shape index (κ1) is 15.8. The van der Waals surface area contributed by atoms with E-state index < -0.39 is 6.03 Å². The summed E-state index contributed by atoms with van der Waals surface area (Å²) in [5.41, 5.74) is 2.66. The summed E-state index contributed by atoms with van der Waals surface area (Å²) in [5, 5.41) is 12.4. The number of hydrogen-bond acceptors (Lipinski definition) is 3. The van der Waals surface area contributed by atoms with Crippen LogP contribution in [0, 0.1) is 13.8 Å². The Kier molecular flexibility index (Phi) is 4.65. The van der Waals surface area contributed by atoms with Crippen LogP contribution in [0.2, 0.25) is 0 Å². The molecule has 0 aliphatic rings. The molecule has 0 spiro atoms. The molecule has 0 bridgehead atoms. The van der Waals surface area contributed by atoms with E-state index in [1.165, 1.54) is 4.57 Å². The van der Waals surface area contributed by atoms with Crippen LogP contribution in [0.1, 0.15) is 23.9 Å². The van der Waals surface area contributed by atoms with Crippen molar-refractivity contribution < 1.29 is 4.79 Å². The second kappa shape index (κ2) is 6.46. The van der Waals surface area contributed by atoms with Crippen LogP contribution in [0.5, 0.6) is 0 Å². The lowest BCUT2D eigenvalue weighted by Gasteiger charge is -2.14. The number of nitrogens with one attached hydrogen (secondary N) is 3. The van der Waals surface area contributed by atoms with Crippen molar-refractivity contribution in [2.24, 2.45) is 7.05 Å². The van der Waals surface area contributed by atoms with Crippen molar-refractivity contribution >= 4 is 11.7 Å². The summed E-state index contributed by atoms with van der Waals surface area (Å²) >= 11 is 0. The number of hydrogen-bond donors (Lipinski definition) is 3. The van der Waals surface area contributed by atoms with Crippen LogP contribution < -0.4 is 16.2 Å². The lowest BCUT2D eigenvalue weighted by molar-refractivity contribution is 0.249. The maximum atomic E-state index is 12.0. The zero-order chi connectivity index (χ0) is 16.3. The molecule has 3 N–H and O–H groups in total. The van der Waals surface area contributed by atoms with Crippen LogP contribution in [0.25, 0.3) is 0 Å². The molecule has 118 valence electrons. The molecule has 0 radical (unpaired) electrons. The smallest absolute Gasteiger partial charge is 0.319 e. The summed E-state index contributed by atoms with van der Waals surface area (Å²) in [5.74, 6) is 0. The molecule has 2 aromatic heterocycles. The lowest BCUT2D eigenvalue weighted by Crippen LogP contribution is -2.39. The Morgan fingerprint density at radius 2 is 2.18 bits per heavy atom. The van der Waals surface area contributed by atoms with Gasteiger partial charge in [-0.1, -0.05) is 0 Å². The molecule has 1 atom stereocenters. The fourth-order valence-corrected chi connectivity index (χ4v) is 2.19. The normalized spacial score (nSPS) is 12.0. The Morgan fingerprint density at radius 1 is 1.45 bits per heavy atom. The van der Waals surface area contributed by atoms with Crippen molar-refractivity contribution in [2.75, 3.05) is 5.32 Å². The number of amides is 2. The zero-order valence-corrected chi connectivity index (χ0v) is 13.2. The monoisotopic (exact) mass is 303 g/mol. The first-order valence-electron chi connectivity index (χ1n) is 7.11. The van der Waals surface area contributed by atoms with E-state index in [-0.39, 0.29) is 11.6 Å². The number of carbonyl (C=O) groups excluding carboxylic acids is 1. The van der Waals surface area contributed by atoms with E-state index in [1.54, 1.807) is 26.2 Å². The Hall–Kier alpha value is -2.57. The minimum absolute atomic E-state index is 0.101. The highest BCUT2D eigenvalue weighted by Gasteiger charge is 2.13. The lowest BCUT2D eigenvalue weighted by atomic mass is 10.2. The molecule has 22 heavy (non-hydrogen) atoms. The Morgan fingerprint density at radius 3 is 2.82 bits per heavy atom. The van der Waals surface area contributed by atoms with E-state index in [0.717, 1.165) is 17.0 Å². The Balaban J connectivity index is 1.98. The van der Waals surface area contributed by atoms with Crippen LogP contribution in [-0.4, -0.2) is 26.8 Å². The molecular weight excluding hydrogens is 282 g/mol. The van der Waals surface area contributed by atoms with Crippen molar-refractivity contribution in [1.29, 1.82) is 0 Å². The van der Waals surface area contributed by atoms with E-state index in [0.29, 0.717) is 12.1 Å². The zero-order valence-electron chi connectivity index (χ0n) is 13.2. The topological polar surface area (TPSA) is 91.8 Å². The van der Waals surface area contributed by atoms with Crippen LogP contribution in [0.4, 0.5) is 10.5 Å². The quantitative estimate of drug-likeness (QED) is 0.799. The number of urea groups is 1. The molecular formula is C15H21N5O2. The molecule has 0 aliphatic carbocycles. The van der Waals surface area contributed by atoms with E-state index in [1.807, 2.05) is 19.9 Å². The number of aromatic nitrogens is 3. The number of aromatic amines is 1. The summed E-state index contributed by atoms with van der Waals surface area (Å²) in [6.45, 7) is 5.60. The molecule has 2 aromatic rings. The number of pyridine rings is 1. The molecule has 7 heteroatoms. The third-order valence-corrected chi connectivity index (χ3v) is 3.37. The van der Waals surface area contributed by atoms with Crippen molar-refractivity contribution in [2.45, 2.75) is 33.2 Å². The van der Waals surface area contributed by atoms with Gasteiger partial charge in [-0.3, -0.25) is 9.89 Å². The molecule has 0 saturated carbocycles. The molecule has 2 heterocycles. The average Bonchev–Trinajstić information content (AvgIpc) is 2.84. The molecule has 0 saturated heterocycles. The molecule has 7 nitrogen and oxygen atoms in total. The van der Waals surface area contributed by atoms with Gasteiger partial charge >= 0.3 is 6.03 Å². The number of H-pyrrole nitrogens is 1. The van der Waals surface area contributed by atoms with Gasteiger partial charge < -0.3 is 15.2 Å². The van der Waals surface area contributed by atoms with E-state index in [4.69, 9.17) is 0 Å². The van der Waals surface area contributed by atoms with Gasteiger partial charge in [-0.05, 0) is 38.5 Å². The number of rotatable bonds is 4. The predicted molar refractivity (Wildman–Crippen MR) is 85.1 cm³/mol. The second-order valence-electron chi connectivity index (χ2n) is 5.54. The molecule has 0 unspecified atom stereocenters. The molecule has 0 aliphatic heterocycles. The Labute approximate surface area is 128 Å². The minimum atomic E-state index is -0.397. The average molecular weight is 303 g/mol. The van der Waals surface area contributed by atoms with Gasteiger partial charge in [0.15, 0.2) is 0 Å². The molecule has 2 rings (SSSR count). The highest BCUT2D eigenvalue weighted by atomic mass is 16.2. The van der Waals surface area contributed by atoms with Gasteiger partial charge in [0.2, 0.25) is 0 Å². The summed E-state index contributed by atoms with van der Waals surface area (Å²) in [6.07, 6.45) is 2.28. The SMILES string of the molecule is Cc1cc(C[C@H](C)NC(=O)Nc2c(C)ccn(C)c2=O)n[nH]1. The van der Waals surface area contributed by atoms with Crippen molar-refractivity contribution in [3.8, 4) is 0 Å². The Bertz CT molecular complexity index is 732. The van der Waals surface area contributed by atoms with Gasteiger partial charge in [0.25, 0.3) is 5.56 Å². The van der Waals surface area contributed by atoms with E-state index >= 15 is 0 Å². The van der Waals surface area contributed by atoms with Gasteiger partial charge in [0.05, 0.1) is 5.69 Å². The van der Waals surface area contributed by atoms with Gasteiger partial charge in [0.1, 0.15) is 5.69 Å². The highest BCUT2D eigenvalue weighted by Crippen LogP contribution is 2.07. The summed E-state index contributed by atoms with van der Waals surface area (Å²) < 4.78 is 1.43. The molecule has 0 fully saturated rings. The van der Waals surface area contributed by atoms with Crippen LogP contribution in [0.3, 0.4) is 0 Å². The van der Waals surface area contributed by atoms with E-state index in [9.17, 15) is 9.59 Å². The summed E-state index contributed by atoms with van der Waals surface area (Å²) in [6, 6.07) is 3.22. The third kappa shape index (κ3) is 3.75. The van der Waals surface area contributed by atoms with Crippen molar-refractivity contribution in [3.63, 3.8) is 0 Å². The number of carbonyl (C=O) groups is 1. The number of anilines is 1. The van der Waals surface area contributed by atoms with Gasteiger partial charge in [-0.25, -0.2) is 4.79 Å².